The number of esters is 1. The molecule has 0 aromatic heterocycles. The van der Waals surface area contributed by atoms with Crippen molar-refractivity contribution in [2.24, 2.45) is 0 Å². The summed E-state index contributed by atoms with van der Waals surface area (Å²) < 4.78 is 5.42. The molecule has 0 bridgehead atoms. The maximum absolute atomic E-state index is 12.6. The molecule has 0 fully saturated rings. The van der Waals surface area contributed by atoms with Crippen molar-refractivity contribution in [3.63, 3.8) is 0 Å². The van der Waals surface area contributed by atoms with Crippen molar-refractivity contribution in [2.75, 3.05) is 0 Å². The van der Waals surface area contributed by atoms with Crippen LogP contribution in [0.15, 0.2) is 103 Å². The van der Waals surface area contributed by atoms with Gasteiger partial charge in [-0.1, -0.05) is 85.4 Å². The van der Waals surface area contributed by atoms with E-state index < -0.39 is 18.0 Å². The summed E-state index contributed by atoms with van der Waals surface area (Å²) in [5.74, 6) is -0.713. The van der Waals surface area contributed by atoms with Crippen molar-refractivity contribution in [3.8, 4) is 5.75 Å². The van der Waals surface area contributed by atoms with Gasteiger partial charge in [0.15, 0.2) is 0 Å². The minimum absolute atomic E-state index is 0.205. The van der Waals surface area contributed by atoms with Crippen LogP contribution in [0, 0.1) is 0 Å². The average Bonchev–Trinajstić information content (AvgIpc) is 2.70. The van der Waals surface area contributed by atoms with Crippen molar-refractivity contribution in [3.05, 3.63) is 114 Å². The molecule has 0 radical (unpaired) electrons. The molecule has 2 atom stereocenters. The fraction of sp³-hybridized carbons (Fsp3) is 0.0870. The van der Waals surface area contributed by atoms with Gasteiger partial charge in [-0.25, -0.2) is 4.79 Å². The Balaban J connectivity index is 1.90. The number of aliphatic hydroxyl groups excluding tert-OH is 1. The molecule has 3 aromatic carbocycles. The Morgan fingerprint density at radius 3 is 1.77 bits per heavy atom. The van der Waals surface area contributed by atoms with E-state index in [1.807, 2.05) is 66.7 Å². The molecule has 0 unspecified atom stereocenters. The summed E-state index contributed by atoms with van der Waals surface area (Å²) in [7, 11) is 0. The number of para-hydroxylation sites is 1. The van der Waals surface area contributed by atoms with Crippen LogP contribution >= 0.6 is 0 Å². The number of carbonyl (C=O) groups is 1. The summed E-state index contributed by atoms with van der Waals surface area (Å²) in [6, 6.07) is 27.5. The van der Waals surface area contributed by atoms with Crippen molar-refractivity contribution in [2.45, 2.75) is 12.0 Å². The molecule has 130 valence electrons. The molecule has 3 nitrogen and oxygen atoms in total. The smallest absolute Gasteiger partial charge is 0.339 e. The minimum Gasteiger partial charge on any atom is -0.423 e. The van der Waals surface area contributed by atoms with E-state index in [9.17, 15) is 9.90 Å². The van der Waals surface area contributed by atoms with E-state index in [0.717, 1.165) is 11.1 Å². The topological polar surface area (TPSA) is 46.5 Å². The van der Waals surface area contributed by atoms with Crippen LogP contribution in [0.3, 0.4) is 0 Å². The maximum Gasteiger partial charge on any atom is 0.339 e. The van der Waals surface area contributed by atoms with Crippen molar-refractivity contribution in [1.29, 1.82) is 0 Å². The zero-order valence-electron chi connectivity index (χ0n) is 14.3. The van der Waals surface area contributed by atoms with Gasteiger partial charge in [0.2, 0.25) is 0 Å². The molecular weight excluding hydrogens is 324 g/mol. The normalized spacial score (nSPS) is 12.8. The van der Waals surface area contributed by atoms with Crippen LogP contribution in [0.5, 0.6) is 5.75 Å². The highest BCUT2D eigenvalue weighted by Gasteiger charge is 2.30. The Morgan fingerprint density at radius 2 is 1.23 bits per heavy atom. The highest BCUT2D eigenvalue weighted by Crippen LogP contribution is 2.36. The number of rotatable bonds is 6. The van der Waals surface area contributed by atoms with Gasteiger partial charge in [-0.05, 0) is 23.3 Å². The number of carbonyl (C=O) groups excluding carboxylic acids is 1. The predicted octanol–water partition coefficient (Wildman–Crippen LogP) is 4.67. The summed E-state index contributed by atoms with van der Waals surface area (Å²) in [5, 5.41) is 11.0. The first-order chi connectivity index (χ1) is 12.7. The van der Waals surface area contributed by atoms with Crippen LogP contribution in [0.1, 0.15) is 23.1 Å². The first-order valence-corrected chi connectivity index (χ1v) is 8.41. The standard InChI is InChI=1S/C23H20O3/c1-17(23(25)26-20-15-9-4-10-16-20)21(18-11-5-2-6-12-18)22(24)19-13-7-3-8-14-19/h2-16,21-22,24H,1H2/t21-,22+/m0/s1. The highest BCUT2D eigenvalue weighted by molar-refractivity contribution is 5.91. The van der Waals surface area contributed by atoms with E-state index in [4.69, 9.17) is 4.74 Å². The van der Waals surface area contributed by atoms with Crippen LogP contribution in [-0.2, 0) is 4.79 Å². The van der Waals surface area contributed by atoms with Gasteiger partial charge >= 0.3 is 5.97 Å². The van der Waals surface area contributed by atoms with E-state index >= 15 is 0 Å². The minimum atomic E-state index is -0.908. The van der Waals surface area contributed by atoms with Crippen LogP contribution in [0.2, 0.25) is 0 Å². The van der Waals surface area contributed by atoms with Gasteiger partial charge in [-0.3, -0.25) is 0 Å². The monoisotopic (exact) mass is 344 g/mol. The molecular formula is C23H20O3. The van der Waals surface area contributed by atoms with Gasteiger partial charge in [0, 0.05) is 11.5 Å². The molecule has 1 N–H and O–H groups in total. The quantitative estimate of drug-likeness (QED) is 0.402. The number of hydrogen-bond donors (Lipinski definition) is 1. The van der Waals surface area contributed by atoms with Crippen molar-refractivity contribution < 1.29 is 14.6 Å². The molecule has 0 aliphatic carbocycles. The Bertz CT molecular complexity index is 858. The van der Waals surface area contributed by atoms with Gasteiger partial charge in [-0.15, -0.1) is 0 Å². The van der Waals surface area contributed by atoms with E-state index in [1.54, 1.807) is 24.3 Å². The third-order valence-electron chi connectivity index (χ3n) is 4.21. The summed E-state index contributed by atoms with van der Waals surface area (Å²) >= 11 is 0. The van der Waals surface area contributed by atoms with Gasteiger partial charge in [0.05, 0.1) is 6.10 Å². The number of aliphatic hydroxyl groups is 1. The van der Waals surface area contributed by atoms with Gasteiger partial charge in [-0.2, -0.15) is 0 Å². The van der Waals surface area contributed by atoms with Crippen LogP contribution < -0.4 is 4.74 Å². The second-order valence-corrected chi connectivity index (χ2v) is 5.97. The van der Waals surface area contributed by atoms with Gasteiger partial charge < -0.3 is 9.84 Å². The van der Waals surface area contributed by atoms with Gasteiger partial charge in [0.1, 0.15) is 5.75 Å². The van der Waals surface area contributed by atoms with E-state index in [0.29, 0.717) is 5.75 Å². The first-order valence-electron chi connectivity index (χ1n) is 8.41. The van der Waals surface area contributed by atoms with Crippen molar-refractivity contribution >= 4 is 5.97 Å². The average molecular weight is 344 g/mol. The molecule has 0 spiro atoms. The predicted molar refractivity (Wildman–Crippen MR) is 102 cm³/mol. The third kappa shape index (κ3) is 4.08. The maximum atomic E-state index is 12.6. The number of ether oxygens (including phenoxy) is 1. The number of benzene rings is 3. The molecule has 0 amide bonds. The SMILES string of the molecule is C=C(C(=O)Oc1ccccc1)[C@@H](c1ccccc1)[C@H](O)c1ccccc1. The third-order valence-corrected chi connectivity index (χ3v) is 4.21. The summed E-state index contributed by atoms with van der Waals surface area (Å²) in [6.07, 6.45) is -0.908. The lowest BCUT2D eigenvalue weighted by atomic mass is 9.84. The zero-order valence-corrected chi connectivity index (χ0v) is 14.3. The van der Waals surface area contributed by atoms with Crippen molar-refractivity contribution in [1.82, 2.24) is 0 Å². The Morgan fingerprint density at radius 1 is 0.769 bits per heavy atom. The van der Waals surface area contributed by atoms with Crippen LogP contribution in [0.4, 0.5) is 0 Å². The molecule has 0 aliphatic rings. The lowest BCUT2D eigenvalue weighted by Gasteiger charge is -2.25. The lowest BCUT2D eigenvalue weighted by molar-refractivity contribution is -0.130. The molecule has 3 rings (SSSR count). The zero-order chi connectivity index (χ0) is 18.4. The largest absolute Gasteiger partial charge is 0.423 e. The summed E-state index contributed by atoms with van der Waals surface area (Å²) in [6.45, 7) is 3.94. The second-order valence-electron chi connectivity index (χ2n) is 5.97. The number of hydrogen-bond acceptors (Lipinski definition) is 3. The fourth-order valence-electron chi connectivity index (χ4n) is 2.87. The van der Waals surface area contributed by atoms with Crippen LogP contribution in [0.25, 0.3) is 0 Å². The Hall–Kier alpha value is -3.17. The molecule has 0 heterocycles. The summed E-state index contributed by atoms with van der Waals surface area (Å²) in [4.78, 5) is 12.6. The highest BCUT2D eigenvalue weighted by atomic mass is 16.5. The molecule has 26 heavy (non-hydrogen) atoms. The summed E-state index contributed by atoms with van der Waals surface area (Å²) in [5.41, 5.74) is 1.73. The fourth-order valence-corrected chi connectivity index (χ4v) is 2.87. The second kappa shape index (κ2) is 8.28. The Kier molecular flexibility index (Phi) is 5.62. The van der Waals surface area contributed by atoms with E-state index in [2.05, 4.69) is 6.58 Å². The first kappa shape index (κ1) is 17.6. The van der Waals surface area contributed by atoms with E-state index in [-0.39, 0.29) is 5.57 Å². The van der Waals surface area contributed by atoms with Gasteiger partial charge in [0.25, 0.3) is 0 Å². The Labute approximate surface area is 153 Å². The molecule has 3 aromatic rings. The molecule has 0 saturated carbocycles. The lowest BCUT2D eigenvalue weighted by Crippen LogP contribution is -2.21. The van der Waals surface area contributed by atoms with Crippen LogP contribution in [-0.4, -0.2) is 11.1 Å². The molecule has 3 heteroatoms. The van der Waals surface area contributed by atoms with E-state index in [1.165, 1.54) is 0 Å². The molecule has 0 saturated heterocycles. The molecule has 0 aliphatic heterocycles.